The van der Waals surface area contributed by atoms with Crippen LogP contribution in [-0.2, 0) is 6.42 Å². The number of unbranched alkanes of at least 4 members (excludes halogenated alkanes) is 8. The van der Waals surface area contributed by atoms with Crippen LogP contribution in [0.2, 0.25) is 0 Å². The second kappa shape index (κ2) is 13.4. The monoisotopic (exact) mass is 320 g/mol. The lowest BCUT2D eigenvalue weighted by molar-refractivity contribution is 0.414. The number of nitrogens with two attached hydrogens (primary N) is 2. The molecule has 4 N–H and O–H groups in total. The van der Waals surface area contributed by atoms with E-state index in [9.17, 15) is 0 Å². The minimum Gasteiger partial charge on any atom is -0.497 e. The van der Waals surface area contributed by atoms with Crippen molar-refractivity contribution < 1.29 is 4.74 Å². The molecule has 3 heteroatoms. The molecule has 0 bridgehead atoms. The summed E-state index contributed by atoms with van der Waals surface area (Å²) in [6.45, 7) is 0.843. The number of hydrogen-bond donors (Lipinski definition) is 2. The summed E-state index contributed by atoms with van der Waals surface area (Å²) in [6, 6.07) is 8.50. The van der Waals surface area contributed by atoms with Crippen LogP contribution in [0.3, 0.4) is 0 Å². The van der Waals surface area contributed by atoms with Crippen LogP contribution < -0.4 is 16.2 Å². The van der Waals surface area contributed by atoms with E-state index in [-0.39, 0.29) is 6.04 Å². The van der Waals surface area contributed by atoms with E-state index in [1.54, 1.807) is 7.11 Å². The van der Waals surface area contributed by atoms with Gasteiger partial charge in [0.25, 0.3) is 0 Å². The van der Waals surface area contributed by atoms with Crippen LogP contribution in [0.15, 0.2) is 24.3 Å². The Hall–Kier alpha value is -1.06. The molecule has 23 heavy (non-hydrogen) atoms. The maximum atomic E-state index is 6.26. The average Bonchev–Trinajstić information content (AvgIpc) is 2.56. The Labute approximate surface area is 142 Å². The average molecular weight is 321 g/mol. The molecule has 1 rings (SSSR count). The van der Waals surface area contributed by atoms with Gasteiger partial charge < -0.3 is 16.2 Å². The summed E-state index contributed by atoms with van der Waals surface area (Å²) >= 11 is 0. The van der Waals surface area contributed by atoms with Crippen molar-refractivity contribution in [1.82, 2.24) is 0 Å². The standard InChI is InChI=1S/C20H36N2O/c1-23-20-14-11-12-18(17-20)16-19(22)13-9-7-5-3-2-4-6-8-10-15-21/h11-12,14,17,19H,2-10,13,15-16,21-22H2,1H3. The predicted molar refractivity (Wildman–Crippen MR) is 99.9 cm³/mol. The highest BCUT2D eigenvalue weighted by molar-refractivity contribution is 5.28. The number of hydrogen-bond acceptors (Lipinski definition) is 3. The summed E-state index contributed by atoms with van der Waals surface area (Å²) in [5.41, 5.74) is 13.0. The van der Waals surface area contributed by atoms with Gasteiger partial charge in [-0.3, -0.25) is 0 Å². The fraction of sp³-hybridized carbons (Fsp3) is 0.700. The second-order valence-corrected chi connectivity index (χ2v) is 6.58. The first-order valence-electron chi connectivity index (χ1n) is 9.35. The predicted octanol–water partition coefficient (Wildman–Crippen LogP) is 4.42. The Morgan fingerprint density at radius 3 is 2.13 bits per heavy atom. The molecule has 1 atom stereocenters. The van der Waals surface area contributed by atoms with E-state index < -0.39 is 0 Å². The number of methoxy groups -OCH3 is 1. The van der Waals surface area contributed by atoms with Crippen molar-refractivity contribution >= 4 is 0 Å². The minimum absolute atomic E-state index is 0.262. The molecule has 1 unspecified atom stereocenters. The third-order valence-corrected chi connectivity index (χ3v) is 4.41. The van der Waals surface area contributed by atoms with Crippen LogP contribution in [0.4, 0.5) is 0 Å². The molecular weight excluding hydrogens is 284 g/mol. The highest BCUT2D eigenvalue weighted by atomic mass is 16.5. The normalized spacial score (nSPS) is 12.3. The Morgan fingerprint density at radius 1 is 0.913 bits per heavy atom. The molecule has 0 heterocycles. The zero-order valence-electron chi connectivity index (χ0n) is 14.9. The molecule has 1 aromatic carbocycles. The second-order valence-electron chi connectivity index (χ2n) is 6.58. The van der Waals surface area contributed by atoms with Gasteiger partial charge in [-0.05, 0) is 43.5 Å². The molecular formula is C20H36N2O. The summed E-state index contributed by atoms with van der Waals surface area (Å²) in [7, 11) is 1.71. The van der Waals surface area contributed by atoms with Crippen LogP contribution in [-0.4, -0.2) is 19.7 Å². The topological polar surface area (TPSA) is 61.3 Å². The quantitative estimate of drug-likeness (QED) is 0.499. The molecule has 0 amide bonds. The minimum atomic E-state index is 0.262. The van der Waals surface area contributed by atoms with E-state index in [4.69, 9.17) is 16.2 Å². The summed E-state index contributed by atoms with van der Waals surface area (Å²) in [5, 5.41) is 0. The molecule has 132 valence electrons. The van der Waals surface area contributed by atoms with E-state index in [0.29, 0.717) is 0 Å². The van der Waals surface area contributed by atoms with Gasteiger partial charge in [-0.2, -0.15) is 0 Å². The van der Waals surface area contributed by atoms with Crippen molar-refractivity contribution in [3.8, 4) is 5.75 Å². The summed E-state index contributed by atoms with van der Waals surface area (Å²) in [6.07, 6.45) is 13.9. The molecule has 0 radical (unpaired) electrons. The molecule has 0 fully saturated rings. The Kier molecular flexibility index (Phi) is 11.6. The van der Waals surface area contributed by atoms with Gasteiger partial charge in [0, 0.05) is 6.04 Å². The molecule has 1 aromatic rings. The van der Waals surface area contributed by atoms with Gasteiger partial charge in [0.1, 0.15) is 5.75 Å². The summed E-state index contributed by atoms with van der Waals surface area (Å²) < 4.78 is 5.26. The molecule has 0 saturated heterocycles. The first-order valence-corrected chi connectivity index (χ1v) is 9.35. The van der Waals surface area contributed by atoms with Crippen molar-refractivity contribution in [2.75, 3.05) is 13.7 Å². The summed E-state index contributed by atoms with van der Waals surface area (Å²) in [4.78, 5) is 0. The van der Waals surface area contributed by atoms with Gasteiger partial charge in [0.15, 0.2) is 0 Å². The van der Waals surface area contributed by atoms with Gasteiger partial charge >= 0.3 is 0 Å². The summed E-state index contributed by atoms with van der Waals surface area (Å²) in [5.74, 6) is 0.918. The lowest BCUT2D eigenvalue weighted by atomic mass is 10.00. The van der Waals surface area contributed by atoms with E-state index in [1.807, 2.05) is 12.1 Å². The third kappa shape index (κ3) is 10.4. The van der Waals surface area contributed by atoms with E-state index in [1.165, 1.54) is 63.4 Å². The molecule has 0 saturated carbocycles. The van der Waals surface area contributed by atoms with Crippen LogP contribution in [0.25, 0.3) is 0 Å². The number of ether oxygens (including phenoxy) is 1. The lowest BCUT2D eigenvalue weighted by Crippen LogP contribution is -2.22. The van der Waals surface area contributed by atoms with E-state index >= 15 is 0 Å². The SMILES string of the molecule is COc1cccc(CC(N)CCCCCCCCCCCN)c1. The third-order valence-electron chi connectivity index (χ3n) is 4.41. The number of rotatable bonds is 14. The van der Waals surface area contributed by atoms with Gasteiger partial charge in [-0.25, -0.2) is 0 Å². The fourth-order valence-corrected chi connectivity index (χ4v) is 2.99. The zero-order chi connectivity index (χ0) is 16.8. The van der Waals surface area contributed by atoms with E-state index in [2.05, 4.69) is 12.1 Å². The molecule has 0 aliphatic heterocycles. The first-order chi connectivity index (χ1) is 11.3. The van der Waals surface area contributed by atoms with Crippen LogP contribution >= 0.6 is 0 Å². The van der Waals surface area contributed by atoms with Crippen molar-refractivity contribution in [3.05, 3.63) is 29.8 Å². The molecule has 0 spiro atoms. The smallest absolute Gasteiger partial charge is 0.119 e. The Balaban J connectivity index is 1.98. The van der Waals surface area contributed by atoms with Gasteiger partial charge in [-0.15, -0.1) is 0 Å². The maximum absolute atomic E-state index is 6.26. The maximum Gasteiger partial charge on any atom is 0.119 e. The molecule has 0 aromatic heterocycles. The highest BCUT2D eigenvalue weighted by Gasteiger charge is 2.05. The Morgan fingerprint density at radius 2 is 1.52 bits per heavy atom. The largest absolute Gasteiger partial charge is 0.497 e. The lowest BCUT2D eigenvalue weighted by Gasteiger charge is -2.12. The molecule has 3 nitrogen and oxygen atoms in total. The van der Waals surface area contributed by atoms with Crippen LogP contribution in [0.5, 0.6) is 5.75 Å². The van der Waals surface area contributed by atoms with Crippen molar-refractivity contribution in [2.24, 2.45) is 11.5 Å². The van der Waals surface area contributed by atoms with Crippen molar-refractivity contribution in [3.63, 3.8) is 0 Å². The first kappa shape index (κ1) is 20.0. The van der Waals surface area contributed by atoms with Gasteiger partial charge in [0.05, 0.1) is 7.11 Å². The molecule has 0 aliphatic carbocycles. The number of benzene rings is 1. The molecule has 0 aliphatic rings. The highest BCUT2D eigenvalue weighted by Crippen LogP contribution is 2.16. The fourth-order valence-electron chi connectivity index (χ4n) is 2.99. The van der Waals surface area contributed by atoms with Crippen molar-refractivity contribution in [2.45, 2.75) is 76.7 Å². The van der Waals surface area contributed by atoms with Crippen LogP contribution in [0, 0.1) is 0 Å². The van der Waals surface area contributed by atoms with Gasteiger partial charge in [0.2, 0.25) is 0 Å². The Bertz CT molecular complexity index is 395. The van der Waals surface area contributed by atoms with Crippen molar-refractivity contribution in [1.29, 1.82) is 0 Å². The van der Waals surface area contributed by atoms with E-state index in [0.717, 1.165) is 25.1 Å². The van der Waals surface area contributed by atoms with Gasteiger partial charge in [-0.1, -0.05) is 63.5 Å². The van der Waals surface area contributed by atoms with Crippen LogP contribution in [0.1, 0.15) is 69.8 Å². The zero-order valence-corrected chi connectivity index (χ0v) is 14.9.